The Balaban J connectivity index is 1.99. The average Bonchev–Trinajstić information content (AvgIpc) is 2.84. The second-order valence-corrected chi connectivity index (χ2v) is 4.39. The van der Waals surface area contributed by atoms with Gasteiger partial charge in [0, 0.05) is 25.8 Å². The van der Waals surface area contributed by atoms with Gasteiger partial charge in [0.05, 0.1) is 11.3 Å². The van der Waals surface area contributed by atoms with Crippen molar-refractivity contribution in [3.8, 4) is 0 Å². The molecule has 4 nitrogen and oxygen atoms in total. The number of nitrogens with zero attached hydrogens (tertiary/aromatic N) is 3. The molecule has 2 aromatic rings. The van der Waals surface area contributed by atoms with Gasteiger partial charge in [-0.3, -0.25) is 4.68 Å². The van der Waals surface area contributed by atoms with Crippen molar-refractivity contribution in [2.45, 2.75) is 25.6 Å². The van der Waals surface area contributed by atoms with Crippen LogP contribution in [0.4, 0.5) is 13.2 Å². The van der Waals surface area contributed by atoms with E-state index in [0.717, 1.165) is 12.1 Å². The molecule has 1 aromatic carbocycles. The van der Waals surface area contributed by atoms with Gasteiger partial charge in [-0.15, -0.1) is 5.10 Å². The fraction of sp³-hybridized carbons (Fsp3) is 0.385. The van der Waals surface area contributed by atoms with Gasteiger partial charge in [0.15, 0.2) is 0 Å². The minimum Gasteiger partial charge on any atom is -0.396 e. The molecule has 0 saturated carbocycles. The highest BCUT2D eigenvalue weighted by Gasteiger charge is 2.30. The number of benzene rings is 1. The highest BCUT2D eigenvalue weighted by molar-refractivity contribution is 5.25. The minimum atomic E-state index is -4.32. The van der Waals surface area contributed by atoms with E-state index in [4.69, 9.17) is 5.11 Å². The molecule has 0 aliphatic carbocycles. The lowest BCUT2D eigenvalue weighted by Crippen LogP contribution is -2.07. The Hall–Kier alpha value is -1.89. The van der Waals surface area contributed by atoms with Crippen molar-refractivity contribution in [1.29, 1.82) is 0 Å². The zero-order valence-corrected chi connectivity index (χ0v) is 10.6. The highest BCUT2D eigenvalue weighted by atomic mass is 19.4. The zero-order chi connectivity index (χ0) is 14.6. The van der Waals surface area contributed by atoms with E-state index >= 15 is 0 Å². The van der Waals surface area contributed by atoms with Crippen LogP contribution in [0.25, 0.3) is 0 Å². The molecule has 20 heavy (non-hydrogen) atoms. The maximum atomic E-state index is 12.6. The molecular weight excluding hydrogens is 271 g/mol. The molecule has 7 heteroatoms. The number of aryl methyl sites for hydroxylation is 2. The lowest BCUT2D eigenvalue weighted by Gasteiger charge is -2.08. The Bertz CT molecular complexity index is 566. The van der Waals surface area contributed by atoms with Gasteiger partial charge in [0.25, 0.3) is 0 Å². The number of hydrogen-bond acceptors (Lipinski definition) is 3. The van der Waals surface area contributed by atoms with Crippen molar-refractivity contribution in [3.63, 3.8) is 0 Å². The molecule has 0 amide bonds. The normalized spacial score (nSPS) is 11.8. The zero-order valence-electron chi connectivity index (χ0n) is 10.6. The molecule has 0 radical (unpaired) electrons. The quantitative estimate of drug-likeness (QED) is 0.915. The number of aromatic nitrogens is 3. The summed E-state index contributed by atoms with van der Waals surface area (Å²) in [4.78, 5) is 0. The van der Waals surface area contributed by atoms with Gasteiger partial charge in [0.1, 0.15) is 0 Å². The first-order valence-electron chi connectivity index (χ1n) is 6.15. The molecule has 1 aromatic heterocycles. The van der Waals surface area contributed by atoms with Crippen LogP contribution in [0.2, 0.25) is 0 Å². The van der Waals surface area contributed by atoms with Gasteiger partial charge in [-0.25, -0.2) is 0 Å². The molecule has 0 fully saturated rings. The van der Waals surface area contributed by atoms with Crippen molar-refractivity contribution >= 4 is 0 Å². The molecule has 0 atom stereocenters. The molecular formula is C13H14F3N3O. The molecule has 0 saturated heterocycles. The van der Waals surface area contributed by atoms with E-state index in [9.17, 15) is 13.2 Å². The summed E-state index contributed by atoms with van der Waals surface area (Å²) in [7, 11) is 0. The molecule has 1 N–H and O–H groups in total. The lowest BCUT2D eigenvalue weighted by molar-refractivity contribution is -0.137. The third-order valence-corrected chi connectivity index (χ3v) is 2.84. The molecule has 2 rings (SSSR count). The second-order valence-electron chi connectivity index (χ2n) is 4.39. The SMILES string of the molecule is OCCc1cn(CCc2cccc(C(F)(F)F)c2)nn1. The van der Waals surface area contributed by atoms with E-state index in [2.05, 4.69) is 10.3 Å². The fourth-order valence-electron chi connectivity index (χ4n) is 1.82. The summed E-state index contributed by atoms with van der Waals surface area (Å²) < 4.78 is 39.3. The van der Waals surface area contributed by atoms with Gasteiger partial charge in [-0.05, 0) is 18.1 Å². The third-order valence-electron chi connectivity index (χ3n) is 2.84. The number of aliphatic hydroxyl groups excluding tert-OH is 1. The molecule has 0 unspecified atom stereocenters. The van der Waals surface area contributed by atoms with Gasteiger partial charge in [-0.2, -0.15) is 13.2 Å². The van der Waals surface area contributed by atoms with Crippen molar-refractivity contribution < 1.29 is 18.3 Å². The summed E-state index contributed by atoms with van der Waals surface area (Å²) in [6.45, 7) is 0.437. The van der Waals surface area contributed by atoms with Crippen LogP contribution >= 0.6 is 0 Å². The standard InChI is InChI=1S/C13H14F3N3O/c14-13(15,16)11-3-1-2-10(8-11)4-6-19-9-12(5-7-20)17-18-19/h1-3,8-9,20H,4-7H2. The van der Waals surface area contributed by atoms with Gasteiger partial charge >= 0.3 is 6.18 Å². The Morgan fingerprint density at radius 1 is 1.20 bits per heavy atom. The van der Waals surface area contributed by atoms with E-state index in [1.54, 1.807) is 16.9 Å². The van der Waals surface area contributed by atoms with Crippen LogP contribution < -0.4 is 0 Å². The summed E-state index contributed by atoms with van der Waals surface area (Å²) in [5, 5.41) is 16.5. The van der Waals surface area contributed by atoms with Crippen LogP contribution in [0.3, 0.4) is 0 Å². The first-order chi connectivity index (χ1) is 9.49. The van der Waals surface area contributed by atoms with Crippen LogP contribution in [0.15, 0.2) is 30.5 Å². The fourth-order valence-corrected chi connectivity index (χ4v) is 1.82. The Morgan fingerprint density at radius 2 is 2.00 bits per heavy atom. The molecule has 1 heterocycles. The van der Waals surface area contributed by atoms with E-state index in [-0.39, 0.29) is 6.61 Å². The second kappa shape index (κ2) is 6.04. The van der Waals surface area contributed by atoms with Gasteiger partial charge in [0.2, 0.25) is 0 Å². The molecule has 0 bridgehead atoms. The topological polar surface area (TPSA) is 50.9 Å². The number of hydrogen-bond donors (Lipinski definition) is 1. The van der Waals surface area contributed by atoms with E-state index in [1.165, 1.54) is 6.07 Å². The maximum absolute atomic E-state index is 12.6. The summed E-state index contributed by atoms with van der Waals surface area (Å²) in [5.74, 6) is 0. The predicted octanol–water partition coefficient (Wildman–Crippen LogP) is 2.07. The van der Waals surface area contributed by atoms with Crippen LogP contribution in [0, 0.1) is 0 Å². The van der Waals surface area contributed by atoms with Crippen molar-refractivity contribution in [3.05, 3.63) is 47.3 Å². The summed E-state index contributed by atoms with van der Waals surface area (Å²) in [5.41, 5.74) is 0.616. The van der Waals surface area contributed by atoms with Crippen LogP contribution in [-0.4, -0.2) is 26.7 Å². The minimum absolute atomic E-state index is 0.00762. The molecule has 0 aliphatic heterocycles. The number of rotatable bonds is 5. The average molecular weight is 285 g/mol. The maximum Gasteiger partial charge on any atom is 0.416 e. The number of halogens is 3. The lowest BCUT2D eigenvalue weighted by atomic mass is 10.1. The highest BCUT2D eigenvalue weighted by Crippen LogP contribution is 2.29. The number of alkyl halides is 3. The Labute approximate surface area is 113 Å². The predicted molar refractivity (Wildman–Crippen MR) is 66.0 cm³/mol. The molecule has 0 spiro atoms. The summed E-state index contributed by atoms with van der Waals surface area (Å²) in [6.07, 6.45) is -1.78. The summed E-state index contributed by atoms with van der Waals surface area (Å²) in [6, 6.07) is 5.25. The summed E-state index contributed by atoms with van der Waals surface area (Å²) >= 11 is 0. The Morgan fingerprint density at radius 3 is 2.70 bits per heavy atom. The van der Waals surface area contributed by atoms with E-state index < -0.39 is 11.7 Å². The van der Waals surface area contributed by atoms with E-state index in [0.29, 0.717) is 30.6 Å². The van der Waals surface area contributed by atoms with E-state index in [1.807, 2.05) is 0 Å². The monoisotopic (exact) mass is 285 g/mol. The largest absolute Gasteiger partial charge is 0.416 e. The first kappa shape index (κ1) is 14.5. The Kier molecular flexibility index (Phi) is 4.39. The van der Waals surface area contributed by atoms with Gasteiger partial charge in [-0.1, -0.05) is 23.4 Å². The van der Waals surface area contributed by atoms with Crippen LogP contribution in [0.1, 0.15) is 16.8 Å². The third kappa shape index (κ3) is 3.80. The van der Waals surface area contributed by atoms with Crippen LogP contribution in [0.5, 0.6) is 0 Å². The number of aliphatic hydroxyl groups is 1. The smallest absolute Gasteiger partial charge is 0.396 e. The van der Waals surface area contributed by atoms with Gasteiger partial charge < -0.3 is 5.11 Å². The molecule has 108 valence electrons. The first-order valence-corrected chi connectivity index (χ1v) is 6.15. The van der Waals surface area contributed by atoms with Crippen molar-refractivity contribution in [2.75, 3.05) is 6.61 Å². The van der Waals surface area contributed by atoms with Crippen molar-refractivity contribution in [2.24, 2.45) is 0 Å². The van der Waals surface area contributed by atoms with Crippen molar-refractivity contribution in [1.82, 2.24) is 15.0 Å². The van der Waals surface area contributed by atoms with Crippen LogP contribution in [-0.2, 0) is 25.6 Å². The molecule has 0 aliphatic rings.